The first kappa shape index (κ1) is 12.9. The number of nitrogens with zero attached hydrogens (tertiary/aromatic N) is 3. The van der Waals surface area contributed by atoms with E-state index in [-0.39, 0.29) is 0 Å². The lowest BCUT2D eigenvalue weighted by Crippen LogP contribution is -2.35. The van der Waals surface area contributed by atoms with E-state index in [1.807, 2.05) is 0 Å². The summed E-state index contributed by atoms with van der Waals surface area (Å²) in [4.78, 5) is 7.11. The molecule has 0 atom stereocenters. The number of morpholine rings is 1. The van der Waals surface area contributed by atoms with Crippen molar-refractivity contribution in [2.75, 3.05) is 26.3 Å². The van der Waals surface area contributed by atoms with Crippen LogP contribution in [0.2, 0.25) is 0 Å². The average Bonchev–Trinajstić information content (AvgIpc) is 2.90. The van der Waals surface area contributed by atoms with Crippen molar-refractivity contribution in [3.8, 4) is 11.4 Å². The third kappa shape index (κ3) is 2.43. The predicted octanol–water partition coefficient (Wildman–Crippen LogP) is 1.91. The highest BCUT2D eigenvalue weighted by Gasteiger charge is 2.20. The Kier molecular flexibility index (Phi) is 3.16. The van der Waals surface area contributed by atoms with Crippen molar-refractivity contribution in [2.45, 2.75) is 20.1 Å². The summed E-state index contributed by atoms with van der Waals surface area (Å²) < 4.78 is 13.4. The lowest BCUT2D eigenvalue weighted by atomic mass is 10.2. The molecule has 0 amide bonds. The molecule has 0 bridgehead atoms. The van der Waals surface area contributed by atoms with Gasteiger partial charge in [-0.25, -0.2) is 4.98 Å². The Morgan fingerprint density at radius 3 is 2.95 bits per heavy atom. The number of fused-ring (bicyclic) bond motifs is 3. The fraction of sp³-hybridized carbons (Fsp3) is 0.438. The molecule has 1 fully saturated rings. The van der Waals surface area contributed by atoms with Gasteiger partial charge in [0.1, 0.15) is 12.4 Å². The van der Waals surface area contributed by atoms with Gasteiger partial charge in [0.25, 0.3) is 0 Å². The Morgan fingerprint density at radius 1 is 1.24 bits per heavy atom. The zero-order chi connectivity index (χ0) is 14.2. The molecule has 2 aromatic rings. The molecule has 0 radical (unpaired) electrons. The van der Waals surface area contributed by atoms with E-state index in [0.29, 0.717) is 6.61 Å². The highest BCUT2D eigenvalue weighted by Crippen LogP contribution is 2.30. The van der Waals surface area contributed by atoms with Crippen molar-refractivity contribution in [3.05, 3.63) is 41.5 Å². The summed E-state index contributed by atoms with van der Waals surface area (Å²) in [5.41, 5.74) is 3.40. The second-order valence-electron chi connectivity index (χ2n) is 5.67. The van der Waals surface area contributed by atoms with Crippen LogP contribution in [0.15, 0.2) is 24.4 Å². The monoisotopic (exact) mass is 285 g/mol. The van der Waals surface area contributed by atoms with Crippen LogP contribution in [-0.2, 0) is 17.9 Å². The molecular formula is C16H19N3O2. The minimum absolute atomic E-state index is 0.541. The van der Waals surface area contributed by atoms with Gasteiger partial charge in [0, 0.05) is 25.8 Å². The van der Waals surface area contributed by atoms with Crippen molar-refractivity contribution >= 4 is 0 Å². The first-order chi connectivity index (χ1) is 10.3. The van der Waals surface area contributed by atoms with Gasteiger partial charge in [-0.15, -0.1) is 0 Å². The number of imidazole rings is 1. The SMILES string of the molecule is Cc1ccc2c(c1)OCc1nc(CN3CCOCC3)cn1-2. The van der Waals surface area contributed by atoms with Crippen LogP contribution in [0.3, 0.4) is 0 Å². The normalized spacial score (nSPS) is 18.0. The van der Waals surface area contributed by atoms with E-state index >= 15 is 0 Å². The topological polar surface area (TPSA) is 39.5 Å². The molecule has 0 spiro atoms. The molecular weight excluding hydrogens is 266 g/mol. The van der Waals surface area contributed by atoms with Crippen molar-refractivity contribution in [2.24, 2.45) is 0 Å². The van der Waals surface area contributed by atoms with E-state index < -0.39 is 0 Å². The Morgan fingerprint density at radius 2 is 2.10 bits per heavy atom. The molecule has 3 heterocycles. The highest BCUT2D eigenvalue weighted by atomic mass is 16.5. The van der Waals surface area contributed by atoms with Gasteiger partial charge in [0.2, 0.25) is 0 Å². The molecule has 0 saturated carbocycles. The van der Waals surface area contributed by atoms with Crippen LogP contribution in [0.25, 0.3) is 5.69 Å². The summed E-state index contributed by atoms with van der Waals surface area (Å²) in [6, 6.07) is 6.30. The standard InChI is InChI=1S/C16H19N3O2/c1-12-2-3-14-15(8-12)21-11-16-17-13(10-19(14)16)9-18-4-6-20-7-5-18/h2-3,8,10H,4-7,9,11H2,1H3. The largest absolute Gasteiger partial charge is 0.483 e. The lowest BCUT2D eigenvalue weighted by molar-refractivity contribution is 0.0337. The molecule has 0 unspecified atom stereocenters. The average molecular weight is 285 g/mol. The van der Waals surface area contributed by atoms with Gasteiger partial charge in [0.05, 0.1) is 24.6 Å². The summed E-state index contributed by atoms with van der Waals surface area (Å²) in [6.45, 7) is 7.10. The molecule has 2 aliphatic rings. The Hall–Kier alpha value is -1.85. The van der Waals surface area contributed by atoms with Crippen LogP contribution >= 0.6 is 0 Å². The molecule has 5 heteroatoms. The number of aromatic nitrogens is 2. The van der Waals surface area contributed by atoms with E-state index in [1.165, 1.54) is 5.56 Å². The molecule has 110 valence electrons. The maximum absolute atomic E-state index is 5.82. The summed E-state index contributed by atoms with van der Waals surface area (Å²) in [6.07, 6.45) is 2.14. The van der Waals surface area contributed by atoms with Crippen LogP contribution in [0, 0.1) is 6.92 Å². The molecule has 21 heavy (non-hydrogen) atoms. The summed E-state index contributed by atoms with van der Waals surface area (Å²) >= 11 is 0. The van der Waals surface area contributed by atoms with E-state index in [1.54, 1.807) is 0 Å². The van der Waals surface area contributed by atoms with Crippen LogP contribution in [0.4, 0.5) is 0 Å². The lowest BCUT2D eigenvalue weighted by Gasteiger charge is -2.25. The van der Waals surface area contributed by atoms with Gasteiger partial charge in [-0.2, -0.15) is 0 Å². The maximum atomic E-state index is 5.82. The molecule has 2 aliphatic heterocycles. The summed E-state index contributed by atoms with van der Waals surface area (Å²) in [5.74, 6) is 1.92. The van der Waals surface area contributed by atoms with Gasteiger partial charge in [-0.3, -0.25) is 9.47 Å². The second kappa shape index (κ2) is 5.16. The second-order valence-corrected chi connectivity index (χ2v) is 5.67. The fourth-order valence-electron chi connectivity index (χ4n) is 2.93. The number of aryl methyl sites for hydroxylation is 1. The molecule has 5 nitrogen and oxygen atoms in total. The molecule has 1 aromatic carbocycles. The molecule has 0 N–H and O–H groups in total. The first-order valence-corrected chi connectivity index (χ1v) is 7.41. The minimum atomic E-state index is 0.541. The minimum Gasteiger partial charge on any atom is -0.483 e. The van der Waals surface area contributed by atoms with Gasteiger partial charge in [0.15, 0.2) is 5.82 Å². The van der Waals surface area contributed by atoms with Crippen molar-refractivity contribution in [1.29, 1.82) is 0 Å². The third-order valence-corrected chi connectivity index (χ3v) is 4.05. The zero-order valence-corrected chi connectivity index (χ0v) is 12.2. The van der Waals surface area contributed by atoms with Crippen LogP contribution in [0.1, 0.15) is 17.1 Å². The highest BCUT2D eigenvalue weighted by molar-refractivity contribution is 5.51. The van der Waals surface area contributed by atoms with E-state index in [4.69, 9.17) is 14.5 Å². The van der Waals surface area contributed by atoms with E-state index in [0.717, 1.165) is 55.8 Å². The van der Waals surface area contributed by atoms with Gasteiger partial charge < -0.3 is 9.47 Å². The summed E-state index contributed by atoms with van der Waals surface area (Å²) in [7, 11) is 0. The van der Waals surface area contributed by atoms with Gasteiger partial charge in [-0.1, -0.05) is 6.07 Å². The smallest absolute Gasteiger partial charge is 0.151 e. The van der Waals surface area contributed by atoms with Crippen molar-refractivity contribution in [1.82, 2.24) is 14.5 Å². The first-order valence-electron chi connectivity index (χ1n) is 7.41. The number of hydrogen-bond donors (Lipinski definition) is 0. The van der Waals surface area contributed by atoms with Crippen molar-refractivity contribution in [3.63, 3.8) is 0 Å². The molecule has 4 rings (SSSR count). The Labute approximate surface area is 124 Å². The van der Waals surface area contributed by atoms with E-state index in [2.05, 4.69) is 40.8 Å². The fourth-order valence-corrected chi connectivity index (χ4v) is 2.93. The van der Waals surface area contributed by atoms with Gasteiger partial charge in [-0.05, 0) is 24.6 Å². The zero-order valence-electron chi connectivity index (χ0n) is 12.2. The van der Waals surface area contributed by atoms with Crippen molar-refractivity contribution < 1.29 is 9.47 Å². The third-order valence-electron chi connectivity index (χ3n) is 4.05. The van der Waals surface area contributed by atoms with Gasteiger partial charge >= 0.3 is 0 Å². The number of ether oxygens (including phenoxy) is 2. The Balaban J connectivity index is 1.62. The number of rotatable bonds is 2. The maximum Gasteiger partial charge on any atom is 0.151 e. The van der Waals surface area contributed by atoms with E-state index in [9.17, 15) is 0 Å². The summed E-state index contributed by atoms with van der Waals surface area (Å²) in [5, 5.41) is 0. The quantitative estimate of drug-likeness (QED) is 0.845. The molecule has 1 saturated heterocycles. The van der Waals surface area contributed by atoms with Crippen LogP contribution in [-0.4, -0.2) is 40.8 Å². The molecule has 0 aliphatic carbocycles. The predicted molar refractivity (Wildman–Crippen MR) is 78.7 cm³/mol. The van der Waals surface area contributed by atoms with Crippen LogP contribution < -0.4 is 4.74 Å². The Bertz CT molecular complexity index is 660. The van der Waals surface area contributed by atoms with Crippen LogP contribution in [0.5, 0.6) is 5.75 Å². The number of hydrogen-bond acceptors (Lipinski definition) is 4. The molecule has 1 aromatic heterocycles. The number of benzene rings is 1.